The van der Waals surface area contributed by atoms with Gasteiger partial charge in [0, 0.05) is 35.4 Å². The van der Waals surface area contributed by atoms with Crippen molar-refractivity contribution in [1.29, 1.82) is 0 Å². The van der Waals surface area contributed by atoms with Gasteiger partial charge in [-0.1, -0.05) is 134 Å². The van der Waals surface area contributed by atoms with Crippen LogP contribution >= 0.6 is 0 Å². The molecule has 0 radical (unpaired) electrons. The first-order valence-electron chi connectivity index (χ1n) is 19.4. The summed E-state index contributed by atoms with van der Waals surface area (Å²) in [5, 5.41) is 2.68. The molecule has 3 heteroatoms. The average Bonchev–Trinajstić information content (AvgIpc) is 3.26. The van der Waals surface area contributed by atoms with E-state index in [9.17, 15) is 0 Å². The number of aromatic nitrogens is 3. The van der Waals surface area contributed by atoms with Crippen molar-refractivity contribution in [3.63, 3.8) is 0 Å². The van der Waals surface area contributed by atoms with Crippen molar-refractivity contribution >= 4 is 16.7 Å². The molecule has 0 saturated heterocycles. The van der Waals surface area contributed by atoms with E-state index in [0.717, 1.165) is 78.0 Å². The molecule has 10 rings (SSSR count). The van der Waals surface area contributed by atoms with Crippen molar-refractivity contribution in [2.45, 2.75) is 38.5 Å². The average molecular weight is 696 g/mol. The van der Waals surface area contributed by atoms with Gasteiger partial charge in [-0.25, -0.2) is 9.97 Å². The summed E-state index contributed by atoms with van der Waals surface area (Å²) in [4.78, 5) is 15.0. The van der Waals surface area contributed by atoms with Gasteiger partial charge in [0.05, 0.1) is 11.4 Å². The highest BCUT2D eigenvalue weighted by molar-refractivity contribution is 5.83. The second-order valence-electron chi connectivity index (χ2n) is 14.9. The van der Waals surface area contributed by atoms with Crippen LogP contribution in [0, 0.1) is 11.8 Å². The highest BCUT2D eigenvalue weighted by atomic mass is 14.9. The van der Waals surface area contributed by atoms with Crippen LogP contribution in [0.15, 0.2) is 181 Å². The molecule has 2 aromatic heterocycles. The van der Waals surface area contributed by atoms with Crippen molar-refractivity contribution in [3.05, 3.63) is 203 Å². The van der Waals surface area contributed by atoms with Gasteiger partial charge in [0.2, 0.25) is 0 Å². The summed E-state index contributed by atoms with van der Waals surface area (Å²) in [6.07, 6.45) is 33.3. The molecule has 0 bridgehead atoms. The van der Waals surface area contributed by atoms with E-state index in [0.29, 0.717) is 0 Å². The Bertz CT molecular complexity index is 2650. The molecule has 54 heavy (non-hydrogen) atoms. The van der Waals surface area contributed by atoms with Gasteiger partial charge < -0.3 is 0 Å². The van der Waals surface area contributed by atoms with E-state index in [2.05, 4.69) is 151 Å². The minimum absolute atomic E-state index is 0.238. The zero-order valence-electron chi connectivity index (χ0n) is 30.3. The van der Waals surface area contributed by atoms with E-state index in [1.165, 1.54) is 49.4 Å². The van der Waals surface area contributed by atoms with Crippen LogP contribution < -0.4 is 10.4 Å². The summed E-state index contributed by atoms with van der Waals surface area (Å²) in [7, 11) is 0. The molecule has 0 amide bonds. The lowest BCUT2D eigenvalue weighted by atomic mass is 9.69. The van der Waals surface area contributed by atoms with Crippen molar-refractivity contribution in [3.8, 4) is 33.8 Å². The number of rotatable bonds is 6. The number of allylic oxidation sites excluding steroid dienone is 14. The number of hydrogen-bond acceptors (Lipinski definition) is 3. The monoisotopic (exact) mass is 695 g/mol. The third-order valence-corrected chi connectivity index (χ3v) is 11.7. The van der Waals surface area contributed by atoms with Crippen LogP contribution in [-0.2, 0) is 0 Å². The first-order valence-corrected chi connectivity index (χ1v) is 19.4. The van der Waals surface area contributed by atoms with Gasteiger partial charge in [-0.2, -0.15) is 0 Å². The lowest BCUT2D eigenvalue weighted by molar-refractivity contribution is 0.679. The Balaban J connectivity index is 1.13. The normalized spacial score (nSPS) is 19.9. The molecule has 5 aliphatic carbocycles. The third-order valence-electron chi connectivity index (χ3n) is 11.7. The predicted molar refractivity (Wildman–Crippen MR) is 222 cm³/mol. The second kappa shape index (κ2) is 14.0. The highest BCUT2D eigenvalue weighted by Gasteiger charge is 2.32. The fraction of sp³-hybridized carbons (Fsp3) is 0.157. The highest BCUT2D eigenvalue weighted by Crippen LogP contribution is 2.42. The van der Waals surface area contributed by atoms with E-state index >= 15 is 0 Å². The quantitative estimate of drug-likeness (QED) is 0.178. The number of benzene rings is 3. The van der Waals surface area contributed by atoms with Crippen molar-refractivity contribution in [2.24, 2.45) is 11.8 Å². The van der Waals surface area contributed by atoms with Gasteiger partial charge in [0.1, 0.15) is 0 Å². The molecule has 260 valence electrons. The molecule has 2 atom stereocenters. The molecule has 3 aromatic carbocycles. The molecule has 0 aliphatic heterocycles. The summed E-state index contributed by atoms with van der Waals surface area (Å²) < 4.78 is 0. The summed E-state index contributed by atoms with van der Waals surface area (Å²) in [5.41, 5.74) is 16.1. The maximum atomic E-state index is 5.36. The minimum atomic E-state index is 0.238. The van der Waals surface area contributed by atoms with E-state index in [4.69, 9.17) is 9.97 Å². The molecule has 0 N–H and O–H groups in total. The smallest absolute Gasteiger partial charge is 0.160 e. The Morgan fingerprint density at radius 1 is 0.519 bits per heavy atom. The van der Waals surface area contributed by atoms with Crippen LogP contribution in [0.1, 0.15) is 49.8 Å². The minimum Gasteiger partial charge on any atom is -0.264 e. The van der Waals surface area contributed by atoms with Gasteiger partial charge in [-0.3, -0.25) is 4.98 Å². The van der Waals surface area contributed by atoms with Crippen LogP contribution in [0.3, 0.4) is 0 Å². The van der Waals surface area contributed by atoms with E-state index in [1.54, 1.807) is 0 Å². The zero-order chi connectivity index (χ0) is 35.8. The van der Waals surface area contributed by atoms with Crippen LogP contribution in [0.25, 0.3) is 50.5 Å². The molecule has 2 heterocycles. The van der Waals surface area contributed by atoms with Gasteiger partial charge in [0.15, 0.2) is 5.82 Å². The molecule has 0 fully saturated rings. The second-order valence-corrected chi connectivity index (χ2v) is 14.9. The first-order chi connectivity index (χ1) is 26.8. The summed E-state index contributed by atoms with van der Waals surface area (Å²) in [6.45, 7) is 0. The topological polar surface area (TPSA) is 38.7 Å². The van der Waals surface area contributed by atoms with Crippen LogP contribution in [0.5, 0.6) is 0 Å². The summed E-state index contributed by atoms with van der Waals surface area (Å²) in [6, 6.07) is 33.0. The summed E-state index contributed by atoms with van der Waals surface area (Å²) in [5.74, 6) is 1.29. The number of nitrogens with zero attached hydrogens (tertiary/aromatic N) is 3. The third kappa shape index (κ3) is 6.00. The van der Waals surface area contributed by atoms with Crippen LogP contribution in [0.4, 0.5) is 0 Å². The zero-order valence-corrected chi connectivity index (χ0v) is 30.3. The molecule has 0 spiro atoms. The lowest BCUT2D eigenvalue weighted by Gasteiger charge is -2.34. The SMILES string of the molecule is C1=CCCC(C2=c3ccccc3=C(c3cccc(-c4nc(C5=CC6=C(C=CCC6)CC5)cc(-c5ccc(-c6cccnc6)cc5)n4)c3)C3C=CC=CC23)=C1. The molecule has 0 saturated carbocycles. The Labute approximate surface area is 317 Å². The molecule has 5 aliphatic rings. The predicted octanol–water partition coefficient (Wildman–Crippen LogP) is 10.7. The van der Waals surface area contributed by atoms with E-state index in [1.807, 2.05) is 18.5 Å². The fourth-order valence-corrected chi connectivity index (χ4v) is 9.01. The van der Waals surface area contributed by atoms with Gasteiger partial charge in [-0.15, -0.1) is 0 Å². The van der Waals surface area contributed by atoms with Crippen molar-refractivity contribution in [1.82, 2.24) is 15.0 Å². The van der Waals surface area contributed by atoms with Crippen molar-refractivity contribution < 1.29 is 0 Å². The van der Waals surface area contributed by atoms with Gasteiger partial charge >= 0.3 is 0 Å². The molecular weight excluding hydrogens is 655 g/mol. The fourth-order valence-electron chi connectivity index (χ4n) is 9.01. The molecule has 3 nitrogen and oxygen atoms in total. The Hall–Kier alpha value is -6.19. The summed E-state index contributed by atoms with van der Waals surface area (Å²) >= 11 is 0. The van der Waals surface area contributed by atoms with Crippen LogP contribution in [0.2, 0.25) is 0 Å². The Morgan fingerprint density at radius 2 is 1.28 bits per heavy atom. The van der Waals surface area contributed by atoms with Gasteiger partial charge in [0.25, 0.3) is 0 Å². The van der Waals surface area contributed by atoms with E-state index < -0.39 is 0 Å². The van der Waals surface area contributed by atoms with Crippen molar-refractivity contribution in [2.75, 3.05) is 0 Å². The Morgan fingerprint density at radius 3 is 2.09 bits per heavy atom. The lowest BCUT2D eigenvalue weighted by Crippen LogP contribution is -2.40. The molecule has 2 unspecified atom stereocenters. The standard InChI is InChI=1S/C51H41N3/c1-2-13-37(14-3-1)49-43-19-6-8-21-45(43)50(46-22-9-7-20-44(46)49)40-16-10-17-41(31-40)51-53-47(36-26-23-35(24-27-36)42-18-11-29-52-33-42)32-48(54-51)39-28-25-34-12-4-5-15-38(34)30-39/h1-2,4,6-13,16-24,26-27,29-33,43,45H,3,5,14-15,25,28H2. The number of fused-ring (bicyclic) bond motifs is 2. The molecular formula is C51H41N3. The molecule has 5 aromatic rings. The van der Waals surface area contributed by atoms with Crippen LogP contribution in [-0.4, -0.2) is 15.0 Å². The Kier molecular flexibility index (Phi) is 8.41. The maximum Gasteiger partial charge on any atom is 0.160 e. The van der Waals surface area contributed by atoms with Gasteiger partial charge in [-0.05, 0) is 117 Å². The number of hydrogen-bond donors (Lipinski definition) is 0. The number of pyridine rings is 1. The van der Waals surface area contributed by atoms with E-state index in [-0.39, 0.29) is 11.8 Å². The first kappa shape index (κ1) is 32.5. The maximum absolute atomic E-state index is 5.36. The largest absolute Gasteiger partial charge is 0.264 e.